The van der Waals surface area contributed by atoms with E-state index in [0.29, 0.717) is 15.6 Å². The van der Waals surface area contributed by atoms with Crippen LogP contribution in [0, 0.1) is 13.8 Å². The average Bonchev–Trinajstić information content (AvgIpc) is 2.51. The third-order valence-electron chi connectivity index (χ3n) is 3.58. The summed E-state index contributed by atoms with van der Waals surface area (Å²) in [6, 6.07) is 10.6. The fraction of sp³-hybridized carbons (Fsp3) is 0.294. The number of hydrogen-bond donors (Lipinski definition) is 1. The monoisotopic (exact) mass is 387 g/mol. The summed E-state index contributed by atoms with van der Waals surface area (Å²) in [6.07, 6.45) is 0. The normalized spacial score (nSPS) is 11.5. The van der Waals surface area contributed by atoms with Crippen LogP contribution in [0.4, 0.5) is 0 Å². The van der Waals surface area contributed by atoms with Crippen molar-refractivity contribution < 1.29 is 13.2 Å². The second kappa shape index (κ2) is 8.21. The first-order chi connectivity index (χ1) is 11.3. The van der Waals surface area contributed by atoms with E-state index in [1.54, 1.807) is 18.2 Å². The lowest BCUT2D eigenvalue weighted by atomic mass is 10.1. The Balaban J connectivity index is 1.86. The van der Waals surface area contributed by atoms with Crippen LogP contribution >= 0.6 is 23.2 Å². The van der Waals surface area contributed by atoms with Gasteiger partial charge < -0.3 is 4.74 Å². The van der Waals surface area contributed by atoms with Crippen molar-refractivity contribution in [3.8, 4) is 5.75 Å². The van der Waals surface area contributed by atoms with Crippen LogP contribution in [-0.2, 0) is 15.8 Å². The van der Waals surface area contributed by atoms with Crippen LogP contribution in [0.25, 0.3) is 0 Å². The third-order valence-corrected chi connectivity index (χ3v) is 5.67. The maximum Gasteiger partial charge on any atom is 0.215 e. The van der Waals surface area contributed by atoms with Crippen molar-refractivity contribution in [1.82, 2.24) is 4.72 Å². The highest BCUT2D eigenvalue weighted by Gasteiger charge is 2.12. The number of ether oxygens (including phenoxy) is 1. The number of halogens is 2. The van der Waals surface area contributed by atoms with E-state index in [4.69, 9.17) is 27.9 Å². The number of aryl methyl sites for hydroxylation is 1. The lowest BCUT2D eigenvalue weighted by Crippen LogP contribution is -2.29. The molecule has 0 aliphatic heterocycles. The minimum atomic E-state index is -3.47. The first-order valence-electron chi connectivity index (χ1n) is 7.39. The molecule has 0 atom stereocenters. The van der Waals surface area contributed by atoms with Crippen LogP contribution in [0.1, 0.15) is 16.7 Å². The molecule has 0 spiro atoms. The molecule has 2 aromatic rings. The minimum Gasteiger partial charge on any atom is -0.492 e. The molecule has 7 heteroatoms. The summed E-state index contributed by atoms with van der Waals surface area (Å²) < 4.78 is 32.3. The molecule has 130 valence electrons. The van der Waals surface area contributed by atoms with Crippen molar-refractivity contribution in [2.75, 3.05) is 13.2 Å². The summed E-state index contributed by atoms with van der Waals surface area (Å²) in [5.74, 6) is 0.603. The zero-order valence-electron chi connectivity index (χ0n) is 13.5. The highest BCUT2D eigenvalue weighted by Crippen LogP contribution is 2.23. The Kier molecular flexibility index (Phi) is 6.52. The van der Waals surface area contributed by atoms with Gasteiger partial charge in [-0.05, 0) is 48.7 Å². The van der Waals surface area contributed by atoms with E-state index in [0.717, 1.165) is 16.9 Å². The minimum absolute atomic E-state index is 0.159. The van der Waals surface area contributed by atoms with Gasteiger partial charge in [0.05, 0.1) is 15.8 Å². The largest absolute Gasteiger partial charge is 0.492 e. The van der Waals surface area contributed by atoms with Crippen LogP contribution in [-0.4, -0.2) is 21.6 Å². The SMILES string of the molecule is Cc1cccc(OCCNS(=O)(=O)Cc2ccc(Cl)c(Cl)c2)c1C. The average molecular weight is 388 g/mol. The van der Waals surface area contributed by atoms with Gasteiger partial charge in [0.1, 0.15) is 12.4 Å². The van der Waals surface area contributed by atoms with Gasteiger partial charge in [-0.1, -0.05) is 41.4 Å². The molecule has 24 heavy (non-hydrogen) atoms. The van der Waals surface area contributed by atoms with Crippen molar-refractivity contribution >= 4 is 33.2 Å². The quantitative estimate of drug-likeness (QED) is 0.727. The van der Waals surface area contributed by atoms with Gasteiger partial charge in [-0.25, -0.2) is 13.1 Å². The van der Waals surface area contributed by atoms with E-state index in [2.05, 4.69) is 4.72 Å². The zero-order chi connectivity index (χ0) is 17.7. The predicted octanol–water partition coefficient (Wildman–Crippen LogP) is 4.11. The van der Waals surface area contributed by atoms with E-state index >= 15 is 0 Å². The highest BCUT2D eigenvalue weighted by atomic mass is 35.5. The Morgan fingerprint density at radius 3 is 2.54 bits per heavy atom. The Bertz CT molecular complexity index is 823. The molecular weight excluding hydrogens is 369 g/mol. The van der Waals surface area contributed by atoms with Gasteiger partial charge in [-0.15, -0.1) is 0 Å². The number of sulfonamides is 1. The Labute approximate surface area is 152 Å². The smallest absolute Gasteiger partial charge is 0.215 e. The topological polar surface area (TPSA) is 55.4 Å². The van der Waals surface area contributed by atoms with Crippen LogP contribution in [0.2, 0.25) is 10.0 Å². The molecule has 0 aliphatic rings. The van der Waals surface area contributed by atoms with Gasteiger partial charge in [0, 0.05) is 6.54 Å². The first kappa shape index (κ1) is 19.1. The molecule has 1 N–H and O–H groups in total. The Morgan fingerprint density at radius 1 is 1.08 bits per heavy atom. The lowest BCUT2D eigenvalue weighted by molar-refractivity contribution is 0.320. The van der Waals surface area contributed by atoms with E-state index < -0.39 is 10.0 Å². The van der Waals surface area contributed by atoms with Crippen molar-refractivity contribution in [2.24, 2.45) is 0 Å². The van der Waals surface area contributed by atoms with Gasteiger partial charge in [0.2, 0.25) is 10.0 Å². The summed E-state index contributed by atoms with van der Waals surface area (Å²) in [5, 5.41) is 0.732. The molecule has 0 amide bonds. The number of rotatable bonds is 7. The summed E-state index contributed by atoms with van der Waals surface area (Å²) in [6.45, 7) is 4.42. The molecule has 0 saturated carbocycles. The number of benzene rings is 2. The molecule has 0 bridgehead atoms. The van der Waals surface area contributed by atoms with Crippen LogP contribution in [0.3, 0.4) is 0 Å². The van der Waals surface area contributed by atoms with Gasteiger partial charge in [-0.3, -0.25) is 0 Å². The van der Waals surface area contributed by atoms with Crippen LogP contribution in [0.15, 0.2) is 36.4 Å². The highest BCUT2D eigenvalue weighted by molar-refractivity contribution is 7.88. The van der Waals surface area contributed by atoms with Crippen molar-refractivity contribution in [3.05, 3.63) is 63.1 Å². The Morgan fingerprint density at radius 2 is 1.83 bits per heavy atom. The molecule has 0 fully saturated rings. The molecule has 0 aromatic heterocycles. The van der Waals surface area contributed by atoms with Crippen molar-refractivity contribution in [1.29, 1.82) is 0 Å². The fourth-order valence-electron chi connectivity index (χ4n) is 2.14. The second-order valence-electron chi connectivity index (χ2n) is 5.45. The third kappa shape index (κ3) is 5.38. The molecule has 2 rings (SSSR count). The fourth-order valence-corrected chi connectivity index (χ4v) is 3.57. The number of hydrogen-bond acceptors (Lipinski definition) is 3. The predicted molar refractivity (Wildman–Crippen MR) is 98.5 cm³/mol. The summed E-state index contributed by atoms with van der Waals surface area (Å²) in [5.41, 5.74) is 2.76. The van der Waals surface area contributed by atoms with Gasteiger partial charge in [0.25, 0.3) is 0 Å². The van der Waals surface area contributed by atoms with Gasteiger partial charge >= 0.3 is 0 Å². The summed E-state index contributed by atoms with van der Waals surface area (Å²) in [4.78, 5) is 0. The van der Waals surface area contributed by atoms with Crippen LogP contribution < -0.4 is 9.46 Å². The molecular formula is C17H19Cl2NO3S. The maximum atomic E-state index is 12.1. The lowest BCUT2D eigenvalue weighted by Gasteiger charge is -2.12. The van der Waals surface area contributed by atoms with E-state index in [-0.39, 0.29) is 18.9 Å². The molecule has 0 radical (unpaired) electrons. The van der Waals surface area contributed by atoms with E-state index in [1.165, 1.54) is 0 Å². The zero-order valence-corrected chi connectivity index (χ0v) is 15.8. The summed E-state index contributed by atoms with van der Waals surface area (Å²) >= 11 is 11.7. The number of nitrogens with one attached hydrogen (secondary N) is 1. The molecule has 0 saturated heterocycles. The molecule has 0 heterocycles. The molecule has 4 nitrogen and oxygen atoms in total. The van der Waals surface area contributed by atoms with E-state index in [1.807, 2.05) is 32.0 Å². The summed E-state index contributed by atoms with van der Waals surface area (Å²) in [7, 11) is -3.47. The van der Waals surface area contributed by atoms with Gasteiger partial charge in [0.15, 0.2) is 0 Å². The maximum absolute atomic E-state index is 12.1. The standard InChI is InChI=1S/C17H19Cl2NO3S/c1-12-4-3-5-17(13(12)2)23-9-8-20-24(21,22)11-14-6-7-15(18)16(19)10-14/h3-7,10,20H,8-9,11H2,1-2H3. The molecule has 0 unspecified atom stereocenters. The van der Waals surface area contributed by atoms with Crippen molar-refractivity contribution in [2.45, 2.75) is 19.6 Å². The van der Waals surface area contributed by atoms with Gasteiger partial charge in [-0.2, -0.15) is 0 Å². The van der Waals surface area contributed by atoms with Crippen LogP contribution in [0.5, 0.6) is 5.75 Å². The molecule has 0 aliphatic carbocycles. The second-order valence-corrected chi connectivity index (χ2v) is 8.07. The van der Waals surface area contributed by atoms with E-state index in [9.17, 15) is 8.42 Å². The first-order valence-corrected chi connectivity index (χ1v) is 9.79. The van der Waals surface area contributed by atoms with Crippen molar-refractivity contribution in [3.63, 3.8) is 0 Å². The molecule has 2 aromatic carbocycles. The Hall–Kier alpha value is -1.27.